The number of carbonyl (C=O) groups is 1. The summed E-state index contributed by atoms with van der Waals surface area (Å²) in [6, 6.07) is 8.34. The third-order valence-corrected chi connectivity index (χ3v) is 3.20. The monoisotopic (exact) mass is 274 g/mol. The van der Waals surface area contributed by atoms with Gasteiger partial charge in [-0.05, 0) is 31.5 Å². The third-order valence-electron chi connectivity index (χ3n) is 3.20. The second-order valence-electron chi connectivity index (χ2n) is 5.21. The molecule has 0 bridgehead atoms. The molecule has 4 heteroatoms. The first-order valence-electron chi connectivity index (χ1n) is 6.99. The molecule has 1 amide bonds. The Kier molecular flexibility index (Phi) is 5.18. The standard InChI is InChI=1S/C16H22N2O2/c1-13(2)11-16(19)17-12-14-3-5-15(6-4-14)18-7-9-20-10-8-18/h3-6,11H,7-10,12H2,1-2H3,(H,17,19). The van der Waals surface area contributed by atoms with Crippen LogP contribution in [0.1, 0.15) is 19.4 Å². The smallest absolute Gasteiger partial charge is 0.244 e. The molecule has 0 aromatic heterocycles. The van der Waals surface area contributed by atoms with Crippen molar-refractivity contribution in [1.29, 1.82) is 0 Å². The molecule has 4 nitrogen and oxygen atoms in total. The number of allylic oxidation sites excluding steroid dienone is 1. The molecule has 1 heterocycles. The highest BCUT2D eigenvalue weighted by Crippen LogP contribution is 2.16. The molecule has 0 unspecified atom stereocenters. The molecule has 0 radical (unpaired) electrons. The largest absolute Gasteiger partial charge is 0.378 e. The van der Waals surface area contributed by atoms with Crippen molar-refractivity contribution in [2.75, 3.05) is 31.2 Å². The first kappa shape index (κ1) is 14.6. The van der Waals surface area contributed by atoms with Gasteiger partial charge in [0.15, 0.2) is 0 Å². The molecule has 1 N–H and O–H groups in total. The highest BCUT2D eigenvalue weighted by Gasteiger charge is 2.10. The molecule has 1 aliphatic rings. The van der Waals surface area contributed by atoms with Crippen LogP contribution in [0.15, 0.2) is 35.9 Å². The van der Waals surface area contributed by atoms with E-state index in [9.17, 15) is 4.79 Å². The van der Waals surface area contributed by atoms with Crippen LogP contribution in [-0.2, 0) is 16.1 Å². The predicted octanol–water partition coefficient (Wildman–Crippen LogP) is 2.11. The summed E-state index contributed by atoms with van der Waals surface area (Å²) in [4.78, 5) is 13.8. The lowest BCUT2D eigenvalue weighted by molar-refractivity contribution is -0.116. The molecule has 20 heavy (non-hydrogen) atoms. The van der Waals surface area contributed by atoms with Crippen LogP contribution in [0.3, 0.4) is 0 Å². The van der Waals surface area contributed by atoms with E-state index in [1.54, 1.807) is 6.08 Å². The quantitative estimate of drug-likeness (QED) is 0.855. The minimum Gasteiger partial charge on any atom is -0.378 e. The average molecular weight is 274 g/mol. The van der Waals surface area contributed by atoms with Crippen molar-refractivity contribution in [1.82, 2.24) is 5.32 Å². The zero-order chi connectivity index (χ0) is 14.4. The summed E-state index contributed by atoms with van der Waals surface area (Å²) >= 11 is 0. The van der Waals surface area contributed by atoms with Gasteiger partial charge in [0, 0.05) is 31.4 Å². The number of hydrogen-bond acceptors (Lipinski definition) is 3. The zero-order valence-corrected chi connectivity index (χ0v) is 12.2. The fourth-order valence-electron chi connectivity index (χ4n) is 2.15. The second kappa shape index (κ2) is 7.10. The molecule has 0 saturated carbocycles. The van der Waals surface area contributed by atoms with E-state index in [1.165, 1.54) is 5.69 Å². The van der Waals surface area contributed by atoms with Crippen LogP contribution in [-0.4, -0.2) is 32.2 Å². The predicted molar refractivity (Wildman–Crippen MR) is 80.8 cm³/mol. The molecule has 1 aliphatic heterocycles. The van der Waals surface area contributed by atoms with E-state index in [0.717, 1.165) is 37.4 Å². The Morgan fingerprint density at radius 2 is 1.90 bits per heavy atom. The van der Waals surface area contributed by atoms with Crippen LogP contribution in [0.25, 0.3) is 0 Å². The van der Waals surface area contributed by atoms with Gasteiger partial charge in [-0.25, -0.2) is 0 Å². The molecule has 2 rings (SSSR count). The van der Waals surface area contributed by atoms with E-state index in [2.05, 4.69) is 34.5 Å². The lowest BCUT2D eigenvalue weighted by Gasteiger charge is -2.28. The number of amides is 1. The zero-order valence-electron chi connectivity index (χ0n) is 12.2. The topological polar surface area (TPSA) is 41.6 Å². The summed E-state index contributed by atoms with van der Waals surface area (Å²) in [5, 5.41) is 2.88. The Labute approximate surface area is 120 Å². The summed E-state index contributed by atoms with van der Waals surface area (Å²) in [5.41, 5.74) is 3.33. The van der Waals surface area contributed by atoms with E-state index in [4.69, 9.17) is 4.74 Å². The molecule has 0 aliphatic carbocycles. The Morgan fingerprint density at radius 3 is 2.50 bits per heavy atom. The van der Waals surface area contributed by atoms with Gasteiger partial charge in [0.25, 0.3) is 0 Å². The normalized spacial score (nSPS) is 14.8. The maximum Gasteiger partial charge on any atom is 0.244 e. The van der Waals surface area contributed by atoms with Crippen molar-refractivity contribution in [3.05, 3.63) is 41.5 Å². The van der Waals surface area contributed by atoms with Gasteiger partial charge in [0.1, 0.15) is 0 Å². The number of carbonyl (C=O) groups excluding carboxylic acids is 1. The molecule has 0 atom stereocenters. The molecule has 108 valence electrons. The van der Waals surface area contributed by atoms with E-state index in [1.807, 2.05) is 13.8 Å². The van der Waals surface area contributed by atoms with Gasteiger partial charge in [-0.15, -0.1) is 0 Å². The minimum absolute atomic E-state index is 0.0396. The fraction of sp³-hybridized carbons (Fsp3) is 0.438. The molecule has 1 saturated heterocycles. The summed E-state index contributed by atoms with van der Waals surface area (Å²) in [7, 11) is 0. The average Bonchev–Trinajstić information content (AvgIpc) is 2.46. The minimum atomic E-state index is -0.0396. The molecule has 1 fully saturated rings. The van der Waals surface area contributed by atoms with Crippen molar-refractivity contribution in [3.8, 4) is 0 Å². The van der Waals surface area contributed by atoms with Crippen molar-refractivity contribution in [2.24, 2.45) is 0 Å². The molecule has 1 aromatic carbocycles. The molecule has 0 spiro atoms. The van der Waals surface area contributed by atoms with Crippen molar-refractivity contribution >= 4 is 11.6 Å². The van der Waals surface area contributed by atoms with Gasteiger partial charge in [-0.3, -0.25) is 4.79 Å². The van der Waals surface area contributed by atoms with E-state index in [-0.39, 0.29) is 5.91 Å². The Bertz CT molecular complexity index is 470. The fourth-order valence-corrected chi connectivity index (χ4v) is 2.15. The van der Waals surface area contributed by atoms with Crippen LogP contribution in [0, 0.1) is 0 Å². The van der Waals surface area contributed by atoms with E-state index in [0.29, 0.717) is 6.54 Å². The van der Waals surface area contributed by atoms with Crippen LogP contribution in [0.4, 0.5) is 5.69 Å². The van der Waals surface area contributed by atoms with Crippen LogP contribution in [0.2, 0.25) is 0 Å². The van der Waals surface area contributed by atoms with E-state index < -0.39 is 0 Å². The SMILES string of the molecule is CC(C)=CC(=O)NCc1ccc(N2CCOCC2)cc1. The Balaban J connectivity index is 1.88. The van der Waals surface area contributed by atoms with Gasteiger partial charge in [-0.2, -0.15) is 0 Å². The summed E-state index contributed by atoms with van der Waals surface area (Å²) in [6.07, 6.45) is 1.61. The number of anilines is 1. The number of nitrogens with zero attached hydrogens (tertiary/aromatic N) is 1. The number of benzene rings is 1. The van der Waals surface area contributed by atoms with Gasteiger partial charge >= 0.3 is 0 Å². The summed E-state index contributed by atoms with van der Waals surface area (Å²) < 4.78 is 5.35. The lowest BCUT2D eigenvalue weighted by Crippen LogP contribution is -2.36. The number of nitrogens with one attached hydrogen (secondary N) is 1. The Hall–Kier alpha value is -1.81. The van der Waals surface area contributed by atoms with Gasteiger partial charge in [0.05, 0.1) is 13.2 Å². The maximum atomic E-state index is 11.5. The van der Waals surface area contributed by atoms with E-state index >= 15 is 0 Å². The number of morpholine rings is 1. The Morgan fingerprint density at radius 1 is 1.25 bits per heavy atom. The summed E-state index contributed by atoms with van der Waals surface area (Å²) in [6.45, 7) is 7.85. The van der Waals surface area contributed by atoms with Crippen molar-refractivity contribution < 1.29 is 9.53 Å². The second-order valence-corrected chi connectivity index (χ2v) is 5.21. The van der Waals surface area contributed by atoms with Gasteiger partial charge in [0.2, 0.25) is 5.91 Å². The van der Waals surface area contributed by atoms with Gasteiger partial charge in [-0.1, -0.05) is 17.7 Å². The molecular formula is C16H22N2O2. The van der Waals surface area contributed by atoms with Crippen LogP contribution in [0.5, 0.6) is 0 Å². The lowest BCUT2D eigenvalue weighted by atomic mass is 10.2. The third kappa shape index (κ3) is 4.38. The highest BCUT2D eigenvalue weighted by molar-refractivity contribution is 5.87. The first-order valence-corrected chi connectivity index (χ1v) is 6.99. The van der Waals surface area contributed by atoms with Gasteiger partial charge < -0.3 is 15.0 Å². The molecule has 1 aromatic rings. The van der Waals surface area contributed by atoms with Crippen molar-refractivity contribution in [2.45, 2.75) is 20.4 Å². The van der Waals surface area contributed by atoms with Crippen LogP contribution < -0.4 is 10.2 Å². The van der Waals surface area contributed by atoms with Crippen molar-refractivity contribution in [3.63, 3.8) is 0 Å². The first-order chi connectivity index (χ1) is 9.65. The maximum absolute atomic E-state index is 11.5. The number of ether oxygens (including phenoxy) is 1. The van der Waals surface area contributed by atoms with Crippen LogP contribution >= 0.6 is 0 Å². The number of hydrogen-bond donors (Lipinski definition) is 1. The summed E-state index contributed by atoms with van der Waals surface area (Å²) in [5.74, 6) is -0.0396. The highest BCUT2D eigenvalue weighted by atomic mass is 16.5. The number of rotatable bonds is 4. The molecular weight excluding hydrogens is 252 g/mol.